The van der Waals surface area contributed by atoms with Gasteiger partial charge in [-0.1, -0.05) is 51.1 Å². The Morgan fingerprint density at radius 1 is 1.00 bits per heavy atom. The molecule has 222 valence electrons. The molecule has 41 heavy (non-hydrogen) atoms. The number of alkyl halides is 3. The van der Waals surface area contributed by atoms with Crippen molar-refractivity contribution in [3.63, 3.8) is 0 Å². The minimum absolute atomic E-state index is 0.0871. The number of amides is 2. The van der Waals surface area contributed by atoms with Crippen LogP contribution < -0.4 is 10.2 Å². The van der Waals surface area contributed by atoms with Gasteiger partial charge in [0.1, 0.15) is 17.3 Å². The van der Waals surface area contributed by atoms with Crippen molar-refractivity contribution in [3.8, 4) is 6.07 Å². The molecule has 2 fully saturated rings. The highest BCUT2D eigenvalue weighted by Crippen LogP contribution is 2.35. The van der Waals surface area contributed by atoms with Gasteiger partial charge in [-0.15, -0.1) is 0 Å². The number of nitrogens with zero attached hydrogens (tertiary/aromatic N) is 6. The van der Waals surface area contributed by atoms with Crippen LogP contribution >= 0.6 is 0 Å². The molecule has 1 aromatic heterocycles. The Bertz CT molecular complexity index is 1180. The van der Waals surface area contributed by atoms with Crippen molar-refractivity contribution >= 4 is 11.8 Å². The first-order valence-electron chi connectivity index (χ1n) is 14.3. The Kier molecular flexibility index (Phi) is 9.42. The molecular weight excluding hydrogens is 531 g/mol. The Morgan fingerprint density at radius 3 is 2.24 bits per heavy atom. The Balaban J connectivity index is 1.17. The SMILES string of the molecule is CC(C)(C)c1nc(N2CCN(CCCCNC(=O)N3CCC(C#N)(c4ccccc4)CC3)CC2)cc(C(F)(F)F)n1. The molecular formula is C30H40F3N7O. The number of rotatable bonds is 7. The van der Waals surface area contributed by atoms with Crippen molar-refractivity contribution in [3.05, 3.63) is 53.5 Å². The summed E-state index contributed by atoms with van der Waals surface area (Å²) in [6, 6.07) is 13.3. The van der Waals surface area contributed by atoms with Gasteiger partial charge in [0.25, 0.3) is 0 Å². The lowest BCUT2D eigenvalue weighted by Gasteiger charge is -2.37. The van der Waals surface area contributed by atoms with Crippen LogP contribution in [0.4, 0.5) is 23.8 Å². The molecule has 0 spiro atoms. The highest BCUT2D eigenvalue weighted by molar-refractivity contribution is 5.74. The zero-order valence-corrected chi connectivity index (χ0v) is 24.2. The molecule has 0 radical (unpaired) electrons. The summed E-state index contributed by atoms with van der Waals surface area (Å²) in [5.41, 5.74) is -1.02. The fourth-order valence-electron chi connectivity index (χ4n) is 5.36. The largest absolute Gasteiger partial charge is 0.433 e. The first-order chi connectivity index (χ1) is 19.4. The molecule has 4 rings (SSSR count). The van der Waals surface area contributed by atoms with E-state index in [1.54, 1.807) is 4.90 Å². The third kappa shape index (κ3) is 7.67. The third-order valence-electron chi connectivity index (χ3n) is 7.99. The minimum atomic E-state index is -4.52. The molecule has 0 unspecified atom stereocenters. The molecule has 0 bridgehead atoms. The second-order valence-corrected chi connectivity index (χ2v) is 12.0. The van der Waals surface area contributed by atoms with Crippen LogP contribution in [0.25, 0.3) is 0 Å². The highest BCUT2D eigenvalue weighted by atomic mass is 19.4. The number of nitrogens with one attached hydrogen (secondary N) is 1. The second kappa shape index (κ2) is 12.6. The van der Waals surface area contributed by atoms with Gasteiger partial charge in [-0.25, -0.2) is 14.8 Å². The van der Waals surface area contributed by atoms with Crippen molar-refractivity contribution in [1.29, 1.82) is 5.26 Å². The van der Waals surface area contributed by atoms with E-state index in [4.69, 9.17) is 0 Å². The smallest absolute Gasteiger partial charge is 0.354 e. The van der Waals surface area contributed by atoms with E-state index in [2.05, 4.69) is 26.3 Å². The predicted molar refractivity (Wildman–Crippen MR) is 152 cm³/mol. The normalized spacial score (nSPS) is 18.2. The summed E-state index contributed by atoms with van der Waals surface area (Å²) in [5, 5.41) is 12.9. The number of carbonyl (C=O) groups is 1. The van der Waals surface area contributed by atoms with E-state index < -0.39 is 22.7 Å². The number of aromatic nitrogens is 2. The van der Waals surface area contributed by atoms with Crippen LogP contribution in [-0.2, 0) is 17.0 Å². The molecule has 2 aromatic rings. The molecule has 1 N–H and O–H groups in total. The van der Waals surface area contributed by atoms with E-state index in [0.717, 1.165) is 44.1 Å². The molecule has 2 aliphatic rings. The summed E-state index contributed by atoms with van der Waals surface area (Å²) in [4.78, 5) is 26.9. The van der Waals surface area contributed by atoms with E-state index >= 15 is 0 Å². The zero-order chi connectivity index (χ0) is 29.7. The van der Waals surface area contributed by atoms with Crippen LogP contribution in [0.1, 0.15) is 63.5 Å². The quantitative estimate of drug-likeness (QED) is 0.473. The summed E-state index contributed by atoms with van der Waals surface area (Å²) >= 11 is 0. The third-order valence-corrected chi connectivity index (χ3v) is 7.99. The molecule has 8 nitrogen and oxygen atoms in total. The van der Waals surface area contributed by atoms with Crippen molar-refractivity contribution < 1.29 is 18.0 Å². The number of piperazine rings is 1. The van der Waals surface area contributed by atoms with Crippen molar-refractivity contribution in [1.82, 2.24) is 25.1 Å². The first kappa shape index (κ1) is 30.6. The summed E-state index contributed by atoms with van der Waals surface area (Å²) in [7, 11) is 0. The second-order valence-electron chi connectivity index (χ2n) is 12.0. The molecule has 0 saturated carbocycles. The molecule has 0 atom stereocenters. The monoisotopic (exact) mass is 571 g/mol. The fraction of sp³-hybridized carbons (Fsp3) is 0.600. The lowest BCUT2D eigenvalue weighted by molar-refractivity contribution is -0.141. The maximum atomic E-state index is 13.5. The van der Waals surface area contributed by atoms with Crippen LogP contribution in [0.5, 0.6) is 0 Å². The lowest BCUT2D eigenvalue weighted by atomic mass is 9.74. The molecule has 2 aliphatic heterocycles. The van der Waals surface area contributed by atoms with Crippen molar-refractivity contribution in [2.24, 2.45) is 0 Å². The molecule has 2 saturated heterocycles. The number of halogens is 3. The number of anilines is 1. The number of likely N-dealkylation sites (tertiary alicyclic amines) is 1. The van der Waals surface area contributed by atoms with Gasteiger partial charge in [0.05, 0.1) is 11.5 Å². The topological polar surface area (TPSA) is 88.4 Å². The Labute approximate surface area is 240 Å². The van der Waals surface area contributed by atoms with Crippen LogP contribution in [0, 0.1) is 11.3 Å². The number of carbonyl (C=O) groups excluding carboxylic acids is 1. The van der Waals surface area contributed by atoms with Gasteiger partial charge in [0.2, 0.25) is 0 Å². The van der Waals surface area contributed by atoms with E-state index in [-0.39, 0.29) is 11.9 Å². The standard InChI is InChI=1S/C30H40F3N7O/c1-28(2,3)26-36-24(30(31,32)33)21-25(37-26)39-19-17-38(18-20-39)14-8-7-13-35-27(41)40-15-11-29(22-34,12-16-40)23-9-5-4-6-10-23/h4-6,9-10,21H,7-8,11-20H2,1-3H3,(H,35,41). The number of urea groups is 1. The highest BCUT2D eigenvalue weighted by Gasteiger charge is 2.38. The van der Waals surface area contributed by atoms with E-state index in [9.17, 15) is 23.2 Å². The molecule has 11 heteroatoms. The minimum Gasteiger partial charge on any atom is -0.354 e. The number of unbranched alkanes of at least 4 members (excludes halogenated alkanes) is 1. The van der Waals surface area contributed by atoms with E-state index in [1.807, 2.05) is 56.0 Å². The maximum Gasteiger partial charge on any atom is 0.433 e. The number of benzene rings is 1. The first-order valence-corrected chi connectivity index (χ1v) is 14.3. The van der Waals surface area contributed by atoms with Crippen LogP contribution in [0.2, 0.25) is 0 Å². The maximum absolute atomic E-state index is 13.5. The van der Waals surface area contributed by atoms with Crippen molar-refractivity contribution in [2.45, 2.75) is 63.5 Å². The van der Waals surface area contributed by atoms with Gasteiger partial charge in [-0.2, -0.15) is 18.4 Å². The summed E-state index contributed by atoms with van der Waals surface area (Å²) < 4.78 is 40.4. The number of piperidine rings is 1. The van der Waals surface area contributed by atoms with E-state index in [1.165, 1.54) is 0 Å². The summed E-state index contributed by atoms with van der Waals surface area (Å²) in [6.07, 6.45) is -1.53. The van der Waals surface area contributed by atoms with Crippen molar-refractivity contribution in [2.75, 3.05) is 57.3 Å². The summed E-state index contributed by atoms with van der Waals surface area (Å²) in [5.74, 6) is 0.519. The molecule has 0 aliphatic carbocycles. The average molecular weight is 572 g/mol. The van der Waals surface area contributed by atoms with Gasteiger partial charge in [-0.3, -0.25) is 4.90 Å². The summed E-state index contributed by atoms with van der Waals surface area (Å²) in [6.45, 7) is 10.6. The van der Waals surface area contributed by atoms with Crippen LogP contribution in [0.3, 0.4) is 0 Å². The van der Waals surface area contributed by atoms with Gasteiger partial charge >= 0.3 is 12.2 Å². The van der Waals surface area contributed by atoms with E-state index in [0.29, 0.717) is 51.4 Å². The van der Waals surface area contributed by atoms with Gasteiger partial charge in [0, 0.05) is 57.3 Å². The average Bonchev–Trinajstić information content (AvgIpc) is 2.96. The predicted octanol–water partition coefficient (Wildman–Crippen LogP) is 4.96. The Hall–Kier alpha value is -3.39. The molecule has 2 amide bonds. The van der Waals surface area contributed by atoms with Gasteiger partial charge in [0.15, 0.2) is 0 Å². The Morgan fingerprint density at radius 2 is 1.66 bits per heavy atom. The molecule has 1 aromatic carbocycles. The van der Waals surface area contributed by atoms with Crippen LogP contribution in [-0.4, -0.2) is 78.2 Å². The number of hydrogen-bond acceptors (Lipinski definition) is 6. The van der Waals surface area contributed by atoms with Gasteiger partial charge < -0.3 is 15.1 Å². The lowest BCUT2D eigenvalue weighted by Crippen LogP contribution is -2.48. The molecule has 3 heterocycles. The number of nitriles is 1. The number of hydrogen-bond donors (Lipinski definition) is 1. The fourth-order valence-corrected chi connectivity index (χ4v) is 5.36. The van der Waals surface area contributed by atoms with Crippen LogP contribution in [0.15, 0.2) is 36.4 Å². The zero-order valence-electron chi connectivity index (χ0n) is 24.2. The van der Waals surface area contributed by atoms with Gasteiger partial charge in [-0.05, 0) is 37.8 Å².